The first-order chi connectivity index (χ1) is 9.61. The third kappa shape index (κ3) is 2.59. The molecule has 0 saturated heterocycles. The average molecular weight is 304 g/mol. The van der Waals surface area contributed by atoms with Crippen molar-refractivity contribution >= 4 is 49.9 Å². The highest BCUT2D eigenvalue weighted by molar-refractivity contribution is 7.22. The van der Waals surface area contributed by atoms with Gasteiger partial charge in [0.1, 0.15) is 0 Å². The van der Waals surface area contributed by atoms with E-state index < -0.39 is 5.91 Å². The third-order valence-electron chi connectivity index (χ3n) is 2.77. The van der Waals surface area contributed by atoms with Gasteiger partial charge in [0.25, 0.3) is 0 Å². The van der Waals surface area contributed by atoms with Crippen molar-refractivity contribution in [2.24, 2.45) is 5.73 Å². The van der Waals surface area contributed by atoms with Gasteiger partial charge in [-0.2, -0.15) is 0 Å². The largest absolute Gasteiger partial charge is 0.366 e. The first-order valence-corrected chi connectivity index (χ1v) is 7.04. The number of carbonyl (C=O) groups is 1. The van der Waals surface area contributed by atoms with Crippen molar-refractivity contribution in [3.8, 4) is 0 Å². The molecule has 0 bridgehead atoms. The molecule has 0 radical (unpaired) electrons. The van der Waals surface area contributed by atoms with Gasteiger partial charge < -0.3 is 11.1 Å². The Bertz CT molecular complexity index is 783. The lowest BCUT2D eigenvalue weighted by Gasteiger charge is -2.02. The van der Waals surface area contributed by atoms with Gasteiger partial charge in [-0.1, -0.05) is 22.9 Å². The molecular formula is C14H10ClN3OS. The molecule has 2 aromatic carbocycles. The van der Waals surface area contributed by atoms with Gasteiger partial charge in [-0.05, 0) is 42.5 Å². The van der Waals surface area contributed by atoms with E-state index in [-0.39, 0.29) is 0 Å². The predicted molar refractivity (Wildman–Crippen MR) is 82.9 cm³/mol. The van der Waals surface area contributed by atoms with Gasteiger partial charge in [0.05, 0.1) is 10.2 Å². The summed E-state index contributed by atoms with van der Waals surface area (Å²) in [7, 11) is 0. The number of aromatic nitrogens is 1. The molecule has 0 atom stereocenters. The zero-order valence-electron chi connectivity index (χ0n) is 10.3. The summed E-state index contributed by atoms with van der Waals surface area (Å²) in [6, 6.07) is 12.5. The van der Waals surface area contributed by atoms with Crippen LogP contribution in [-0.2, 0) is 0 Å². The number of thiazole rings is 1. The third-order valence-corrected chi connectivity index (χ3v) is 3.96. The van der Waals surface area contributed by atoms with Gasteiger partial charge >= 0.3 is 0 Å². The molecule has 6 heteroatoms. The van der Waals surface area contributed by atoms with E-state index in [4.69, 9.17) is 17.3 Å². The fourth-order valence-corrected chi connectivity index (χ4v) is 2.83. The normalized spacial score (nSPS) is 10.7. The molecule has 0 unspecified atom stereocenters. The predicted octanol–water partition coefficient (Wildman–Crippen LogP) is 3.79. The summed E-state index contributed by atoms with van der Waals surface area (Å²) in [4.78, 5) is 15.5. The number of nitrogens with two attached hydrogens (primary N) is 1. The molecule has 1 heterocycles. The minimum Gasteiger partial charge on any atom is -0.366 e. The smallest absolute Gasteiger partial charge is 0.248 e. The molecule has 1 aromatic heterocycles. The molecule has 0 saturated carbocycles. The molecule has 0 aliphatic heterocycles. The van der Waals surface area contributed by atoms with Crippen LogP contribution in [0.2, 0.25) is 5.02 Å². The Morgan fingerprint density at radius 3 is 2.65 bits per heavy atom. The second kappa shape index (κ2) is 5.11. The van der Waals surface area contributed by atoms with Crippen molar-refractivity contribution in [2.75, 3.05) is 5.32 Å². The standard InChI is InChI=1S/C14H10ClN3OS/c15-9-3-6-12-11(7-9)18-14(20-12)17-10-4-1-8(2-5-10)13(16)19/h1-7H,(H2,16,19)(H,17,18). The number of nitrogens with zero attached hydrogens (tertiary/aromatic N) is 1. The van der Waals surface area contributed by atoms with Gasteiger partial charge in [0.15, 0.2) is 5.13 Å². The second-order valence-corrected chi connectivity index (χ2v) is 5.66. The van der Waals surface area contributed by atoms with Gasteiger partial charge in [0.2, 0.25) is 5.91 Å². The van der Waals surface area contributed by atoms with Crippen molar-refractivity contribution < 1.29 is 4.79 Å². The topological polar surface area (TPSA) is 68.0 Å². The molecule has 0 fully saturated rings. The summed E-state index contributed by atoms with van der Waals surface area (Å²) in [5.41, 5.74) is 7.39. The van der Waals surface area contributed by atoms with E-state index in [1.54, 1.807) is 24.3 Å². The van der Waals surface area contributed by atoms with Crippen LogP contribution in [0.15, 0.2) is 42.5 Å². The van der Waals surface area contributed by atoms with Gasteiger partial charge in [-0.3, -0.25) is 4.79 Å². The number of hydrogen-bond donors (Lipinski definition) is 2. The Morgan fingerprint density at radius 1 is 1.20 bits per heavy atom. The maximum atomic E-state index is 11.0. The van der Waals surface area contributed by atoms with E-state index >= 15 is 0 Å². The minimum atomic E-state index is -0.439. The molecule has 4 nitrogen and oxygen atoms in total. The number of fused-ring (bicyclic) bond motifs is 1. The molecule has 0 spiro atoms. The van der Waals surface area contributed by atoms with E-state index in [0.29, 0.717) is 10.6 Å². The molecule has 1 amide bonds. The molecule has 20 heavy (non-hydrogen) atoms. The van der Waals surface area contributed by atoms with E-state index in [1.165, 1.54) is 11.3 Å². The summed E-state index contributed by atoms with van der Waals surface area (Å²) in [5, 5.41) is 4.63. The minimum absolute atomic E-state index is 0.439. The first-order valence-electron chi connectivity index (χ1n) is 5.85. The Morgan fingerprint density at radius 2 is 1.95 bits per heavy atom. The number of halogens is 1. The summed E-state index contributed by atoms with van der Waals surface area (Å²) in [5.74, 6) is -0.439. The van der Waals surface area contributed by atoms with Gasteiger partial charge in [-0.25, -0.2) is 4.98 Å². The Labute approximate surface area is 124 Å². The lowest BCUT2D eigenvalue weighted by Crippen LogP contribution is -2.10. The lowest BCUT2D eigenvalue weighted by atomic mass is 10.2. The Hall–Kier alpha value is -2.11. The highest BCUT2D eigenvalue weighted by atomic mass is 35.5. The maximum absolute atomic E-state index is 11.0. The number of primary amides is 1. The summed E-state index contributed by atoms with van der Waals surface area (Å²) >= 11 is 7.47. The molecule has 0 aliphatic carbocycles. The number of hydrogen-bond acceptors (Lipinski definition) is 4. The monoisotopic (exact) mass is 303 g/mol. The second-order valence-electron chi connectivity index (χ2n) is 4.20. The number of benzene rings is 2. The fraction of sp³-hybridized carbons (Fsp3) is 0. The highest BCUT2D eigenvalue weighted by Gasteiger charge is 2.05. The van der Waals surface area contributed by atoms with Crippen LogP contribution < -0.4 is 11.1 Å². The van der Waals surface area contributed by atoms with E-state index in [9.17, 15) is 4.79 Å². The SMILES string of the molecule is NC(=O)c1ccc(Nc2nc3cc(Cl)ccc3s2)cc1. The van der Waals surface area contributed by atoms with Crippen LogP contribution in [0.5, 0.6) is 0 Å². The number of nitrogens with one attached hydrogen (secondary N) is 1. The molecule has 0 aliphatic rings. The van der Waals surface area contributed by atoms with Crippen LogP contribution in [-0.4, -0.2) is 10.9 Å². The number of rotatable bonds is 3. The zero-order chi connectivity index (χ0) is 14.1. The fourth-order valence-electron chi connectivity index (χ4n) is 1.80. The van der Waals surface area contributed by atoms with Crippen molar-refractivity contribution in [3.63, 3.8) is 0 Å². The van der Waals surface area contributed by atoms with Crippen LogP contribution in [0.3, 0.4) is 0 Å². The first kappa shape index (κ1) is 12.9. The quantitative estimate of drug-likeness (QED) is 0.773. The van der Waals surface area contributed by atoms with Crippen LogP contribution in [0, 0.1) is 0 Å². The number of carbonyl (C=O) groups excluding carboxylic acids is 1. The van der Waals surface area contributed by atoms with Crippen LogP contribution in [0.25, 0.3) is 10.2 Å². The lowest BCUT2D eigenvalue weighted by molar-refractivity contribution is 0.100. The summed E-state index contributed by atoms with van der Waals surface area (Å²) in [6.07, 6.45) is 0. The molecule has 100 valence electrons. The Kier molecular flexibility index (Phi) is 3.30. The molecule has 3 N–H and O–H groups in total. The van der Waals surface area contributed by atoms with Crippen molar-refractivity contribution in [3.05, 3.63) is 53.1 Å². The van der Waals surface area contributed by atoms with Crippen LogP contribution >= 0.6 is 22.9 Å². The average Bonchev–Trinajstić information content (AvgIpc) is 2.80. The van der Waals surface area contributed by atoms with E-state index in [2.05, 4.69) is 10.3 Å². The number of amides is 1. The van der Waals surface area contributed by atoms with Crippen molar-refractivity contribution in [1.29, 1.82) is 0 Å². The molecular weight excluding hydrogens is 294 g/mol. The molecule has 3 rings (SSSR count). The van der Waals surface area contributed by atoms with Gasteiger partial charge in [0, 0.05) is 16.3 Å². The summed E-state index contributed by atoms with van der Waals surface area (Å²) in [6.45, 7) is 0. The van der Waals surface area contributed by atoms with Crippen LogP contribution in [0.4, 0.5) is 10.8 Å². The zero-order valence-corrected chi connectivity index (χ0v) is 11.8. The Balaban J connectivity index is 1.87. The highest BCUT2D eigenvalue weighted by Crippen LogP contribution is 2.29. The van der Waals surface area contributed by atoms with Crippen LogP contribution in [0.1, 0.15) is 10.4 Å². The number of anilines is 2. The molecule has 3 aromatic rings. The van der Waals surface area contributed by atoms with Gasteiger partial charge in [-0.15, -0.1) is 0 Å². The summed E-state index contributed by atoms with van der Waals surface area (Å²) < 4.78 is 1.06. The van der Waals surface area contributed by atoms with E-state index in [0.717, 1.165) is 21.0 Å². The van der Waals surface area contributed by atoms with E-state index in [1.807, 2.05) is 18.2 Å². The maximum Gasteiger partial charge on any atom is 0.248 e. The van der Waals surface area contributed by atoms with Crippen molar-refractivity contribution in [2.45, 2.75) is 0 Å². The van der Waals surface area contributed by atoms with Crippen molar-refractivity contribution in [1.82, 2.24) is 4.98 Å².